The van der Waals surface area contributed by atoms with Crippen LogP contribution in [0, 0.1) is 6.92 Å². The molecule has 1 aromatic heterocycles. The van der Waals surface area contributed by atoms with Gasteiger partial charge in [0.25, 0.3) is 0 Å². The minimum Gasteiger partial charge on any atom is -0.370 e. The second-order valence-corrected chi connectivity index (χ2v) is 5.38. The van der Waals surface area contributed by atoms with E-state index in [1.54, 1.807) is 6.33 Å². The molecule has 2 rings (SSSR count). The lowest BCUT2D eigenvalue weighted by Crippen LogP contribution is -2.27. The van der Waals surface area contributed by atoms with E-state index in [2.05, 4.69) is 34.0 Å². The maximum absolute atomic E-state index is 4.45. The monoisotopic (exact) mass is 252 g/mol. The first-order chi connectivity index (χ1) is 8.33. The van der Waals surface area contributed by atoms with Crippen molar-refractivity contribution in [2.45, 2.75) is 20.3 Å². The summed E-state index contributed by atoms with van der Waals surface area (Å²) in [5, 5.41) is 3.29. The summed E-state index contributed by atoms with van der Waals surface area (Å²) in [5.41, 5.74) is 1.17. The molecule has 0 aromatic carbocycles. The summed E-state index contributed by atoms with van der Waals surface area (Å²) >= 11 is 2.03. The van der Waals surface area contributed by atoms with Crippen molar-refractivity contribution in [3.8, 4) is 0 Å². The van der Waals surface area contributed by atoms with E-state index in [0.717, 1.165) is 31.3 Å². The topological polar surface area (TPSA) is 41.1 Å². The van der Waals surface area contributed by atoms with Crippen LogP contribution in [-0.4, -0.2) is 41.1 Å². The predicted octanol–water partition coefficient (Wildman–Crippen LogP) is 2.16. The molecule has 1 fully saturated rings. The Bertz CT molecular complexity index is 362. The molecule has 0 aliphatic carbocycles. The van der Waals surface area contributed by atoms with Gasteiger partial charge in [-0.05, 0) is 26.0 Å². The van der Waals surface area contributed by atoms with Crippen LogP contribution < -0.4 is 10.2 Å². The molecule has 1 aliphatic rings. The lowest BCUT2D eigenvalue weighted by atomic mass is 10.2. The Morgan fingerprint density at radius 2 is 2.24 bits per heavy atom. The average molecular weight is 252 g/mol. The van der Waals surface area contributed by atoms with Crippen LogP contribution in [0.3, 0.4) is 0 Å². The highest BCUT2D eigenvalue weighted by molar-refractivity contribution is 7.99. The van der Waals surface area contributed by atoms with Gasteiger partial charge in [-0.2, -0.15) is 11.8 Å². The Morgan fingerprint density at radius 1 is 1.35 bits per heavy atom. The zero-order valence-electron chi connectivity index (χ0n) is 10.6. The summed E-state index contributed by atoms with van der Waals surface area (Å²) in [6, 6.07) is 0. The van der Waals surface area contributed by atoms with Crippen LogP contribution in [0.15, 0.2) is 6.33 Å². The molecule has 1 aromatic rings. The van der Waals surface area contributed by atoms with Crippen molar-refractivity contribution in [3.63, 3.8) is 0 Å². The van der Waals surface area contributed by atoms with E-state index in [0.29, 0.717) is 0 Å². The van der Waals surface area contributed by atoms with Gasteiger partial charge in [0.1, 0.15) is 18.0 Å². The van der Waals surface area contributed by atoms with E-state index in [1.807, 2.05) is 11.8 Å². The Hall–Kier alpha value is -0.970. The predicted molar refractivity (Wildman–Crippen MR) is 75.1 cm³/mol. The molecule has 94 valence electrons. The molecule has 5 heteroatoms. The van der Waals surface area contributed by atoms with Crippen molar-refractivity contribution >= 4 is 23.4 Å². The highest BCUT2D eigenvalue weighted by atomic mass is 32.2. The number of thioether (sulfide) groups is 1. The van der Waals surface area contributed by atoms with Crippen molar-refractivity contribution in [1.29, 1.82) is 0 Å². The normalized spacial score (nSPS) is 16.7. The van der Waals surface area contributed by atoms with Gasteiger partial charge in [0.05, 0.1) is 0 Å². The number of nitrogens with one attached hydrogen (secondary N) is 1. The lowest BCUT2D eigenvalue weighted by Gasteiger charge is -2.23. The highest BCUT2D eigenvalue weighted by Crippen LogP contribution is 2.24. The van der Waals surface area contributed by atoms with E-state index in [4.69, 9.17) is 0 Å². The smallest absolute Gasteiger partial charge is 0.137 e. The fraction of sp³-hybridized carbons (Fsp3) is 0.667. The second-order valence-electron chi connectivity index (χ2n) is 4.15. The van der Waals surface area contributed by atoms with Crippen molar-refractivity contribution < 1.29 is 0 Å². The number of hydrogen-bond acceptors (Lipinski definition) is 5. The third kappa shape index (κ3) is 3.03. The van der Waals surface area contributed by atoms with Gasteiger partial charge in [-0.25, -0.2) is 9.97 Å². The zero-order chi connectivity index (χ0) is 12.1. The van der Waals surface area contributed by atoms with Gasteiger partial charge in [0.2, 0.25) is 0 Å². The molecule has 1 N–H and O–H groups in total. The molecule has 1 aliphatic heterocycles. The van der Waals surface area contributed by atoms with Crippen molar-refractivity contribution in [1.82, 2.24) is 9.97 Å². The standard InChI is InChI=1S/C12H20N4S/c1-3-13-11-10(2)12(15-9-14-11)16-5-4-7-17-8-6-16/h9H,3-8H2,1-2H3,(H,13,14,15). The third-order valence-corrected chi connectivity index (χ3v) is 3.97. The van der Waals surface area contributed by atoms with Crippen molar-refractivity contribution in [2.24, 2.45) is 0 Å². The van der Waals surface area contributed by atoms with Gasteiger partial charge >= 0.3 is 0 Å². The summed E-state index contributed by atoms with van der Waals surface area (Å²) in [6.45, 7) is 7.28. The average Bonchev–Trinajstić information content (AvgIpc) is 2.61. The highest BCUT2D eigenvalue weighted by Gasteiger charge is 2.15. The number of rotatable bonds is 3. The quantitative estimate of drug-likeness (QED) is 0.893. The Balaban J connectivity index is 2.21. The first-order valence-electron chi connectivity index (χ1n) is 6.21. The Kier molecular flexibility index (Phi) is 4.48. The molecule has 0 amide bonds. The minimum absolute atomic E-state index is 0.896. The minimum atomic E-state index is 0.896. The van der Waals surface area contributed by atoms with Crippen LogP contribution in [0.5, 0.6) is 0 Å². The van der Waals surface area contributed by atoms with Gasteiger partial charge in [-0.3, -0.25) is 0 Å². The van der Waals surface area contributed by atoms with Crippen LogP contribution in [0.25, 0.3) is 0 Å². The molecular formula is C12H20N4S. The summed E-state index contributed by atoms with van der Waals surface area (Å²) < 4.78 is 0. The van der Waals surface area contributed by atoms with Crippen molar-refractivity contribution in [2.75, 3.05) is 41.4 Å². The van der Waals surface area contributed by atoms with E-state index >= 15 is 0 Å². The van der Waals surface area contributed by atoms with Crippen LogP contribution in [0.2, 0.25) is 0 Å². The molecule has 0 unspecified atom stereocenters. The maximum atomic E-state index is 4.45. The molecule has 4 nitrogen and oxygen atoms in total. The van der Waals surface area contributed by atoms with Crippen LogP contribution in [0.4, 0.5) is 11.6 Å². The van der Waals surface area contributed by atoms with Gasteiger partial charge in [0, 0.05) is 31.0 Å². The van der Waals surface area contributed by atoms with E-state index in [9.17, 15) is 0 Å². The Morgan fingerprint density at radius 3 is 3.06 bits per heavy atom. The van der Waals surface area contributed by atoms with E-state index in [-0.39, 0.29) is 0 Å². The van der Waals surface area contributed by atoms with Crippen LogP contribution in [0.1, 0.15) is 18.9 Å². The van der Waals surface area contributed by atoms with Gasteiger partial charge in [0.15, 0.2) is 0 Å². The molecule has 0 saturated carbocycles. The SMILES string of the molecule is CCNc1ncnc(N2CCCSCC2)c1C. The zero-order valence-corrected chi connectivity index (χ0v) is 11.4. The number of anilines is 2. The molecular weight excluding hydrogens is 232 g/mol. The lowest BCUT2D eigenvalue weighted by molar-refractivity contribution is 0.794. The van der Waals surface area contributed by atoms with Gasteiger partial charge < -0.3 is 10.2 Å². The summed E-state index contributed by atoms with van der Waals surface area (Å²) in [7, 11) is 0. The first kappa shape index (κ1) is 12.5. The number of nitrogens with zero attached hydrogens (tertiary/aromatic N) is 3. The van der Waals surface area contributed by atoms with Gasteiger partial charge in [-0.15, -0.1) is 0 Å². The van der Waals surface area contributed by atoms with Gasteiger partial charge in [-0.1, -0.05) is 0 Å². The fourth-order valence-electron chi connectivity index (χ4n) is 2.06. The number of hydrogen-bond donors (Lipinski definition) is 1. The second kappa shape index (κ2) is 6.10. The Labute approximate surface area is 107 Å². The molecule has 0 radical (unpaired) electrons. The van der Waals surface area contributed by atoms with E-state index < -0.39 is 0 Å². The van der Waals surface area contributed by atoms with Crippen LogP contribution >= 0.6 is 11.8 Å². The van der Waals surface area contributed by atoms with Crippen LogP contribution in [-0.2, 0) is 0 Å². The summed E-state index contributed by atoms with van der Waals surface area (Å²) in [4.78, 5) is 11.1. The third-order valence-electron chi connectivity index (χ3n) is 2.92. The molecule has 0 bridgehead atoms. The van der Waals surface area contributed by atoms with Crippen molar-refractivity contribution in [3.05, 3.63) is 11.9 Å². The first-order valence-corrected chi connectivity index (χ1v) is 7.36. The molecule has 2 heterocycles. The molecule has 1 saturated heterocycles. The number of aromatic nitrogens is 2. The maximum Gasteiger partial charge on any atom is 0.137 e. The molecule has 17 heavy (non-hydrogen) atoms. The largest absolute Gasteiger partial charge is 0.370 e. The van der Waals surface area contributed by atoms with E-state index in [1.165, 1.54) is 23.5 Å². The molecule has 0 spiro atoms. The molecule has 0 atom stereocenters. The fourth-order valence-corrected chi connectivity index (χ4v) is 2.95. The summed E-state index contributed by atoms with van der Waals surface area (Å²) in [5.74, 6) is 4.52. The summed E-state index contributed by atoms with van der Waals surface area (Å²) in [6.07, 6.45) is 2.91.